The summed E-state index contributed by atoms with van der Waals surface area (Å²) in [4.78, 5) is 12.2. The standard InChI is InChI=1S/C20H24O3/c1-5-10-15(3)20(13-17-11-8-7-9-12-17)14-18(16(4)23-20)19(21)22-6-2/h5,7-9,11-12H,1,3,6,10,13-14H2,2,4H3. The summed E-state index contributed by atoms with van der Waals surface area (Å²) in [5, 5.41) is 0. The van der Waals surface area contributed by atoms with Crippen LogP contribution in [-0.2, 0) is 20.7 Å². The van der Waals surface area contributed by atoms with Crippen LogP contribution in [0.3, 0.4) is 0 Å². The molecular formula is C20H24O3. The van der Waals surface area contributed by atoms with Crippen LogP contribution in [0, 0.1) is 0 Å². The minimum atomic E-state index is -0.609. The SMILES string of the molecule is C=CCC(=C)C1(Cc2ccccc2)CC(C(=O)OCC)=C(C)O1. The second kappa shape index (κ2) is 7.32. The van der Waals surface area contributed by atoms with E-state index in [0.29, 0.717) is 37.2 Å². The maximum Gasteiger partial charge on any atom is 0.337 e. The molecule has 1 atom stereocenters. The van der Waals surface area contributed by atoms with E-state index >= 15 is 0 Å². The molecular weight excluding hydrogens is 288 g/mol. The number of carbonyl (C=O) groups is 1. The molecule has 3 nitrogen and oxygen atoms in total. The Bertz CT molecular complexity index is 628. The molecule has 1 aromatic rings. The highest BCUT2D eigenvalue weighted by atomic mass is 16.5. The van der Waals surface area contributed by atoms with Gasteiger partial charge in [0.05, 0.1) is 12.2 Å². The Balaban J connectivity index is 2.29. The van der Waals surface area contributed by atoms with Crippen molar-refractivity contribution in [3.05, 3.63) is 72.0 Å². The van der Waals surface area contributed by atoms with Gasteiger partial charge in [-0.3, -0.25) is 0 Å². The van der Waals surface area contributed by atoms with E-state index in [0.717, 1.165) is 11.1 Å². The van der Waals surface area contributed by atoms with Crippen LogP contribution in [0.2, 0.25) is 0 Å². The van der Waals surface area contributed by atoms with E-state index in [1.165, 1.54) is 0 Å². The summed E-state index contributed by atoms with van der Waals surface area (Å²) in [7, 11) is 0. The van der Waals surface area contributed by atoms with Gasteiger partial charge in [-0.05, 0) is 31.4 Å². The van der Waals surface area contributed by atoms with Gasteiger partial charge in [-0.1, -0.05) is 43.0 Å². The third-order valence-electron chi connectivity index (χ3n) is 4.13. The average Bonchev–Trinajstić information content (AvgIpc) is 2.87. The van der Waals surface area contributed by atoms with E-state index in [9.17, 15) is 4.79 Å². The van der Waals surface area contributed by atoms with Crippen molar-refractivity contribution >= 4 is 5.97 Å². The minimum Gasteiger partial charge on any atom is -0.486 e. The highest BCUT2D eigenvalue weighted by Gasteiger charge is 2.44. The van der Waals surface area contributed by atoms with Gasteiger partial charge in [0, 0.05) is 12.8 Å². The van der Waals surface area contributed by atoms with Crippen LogP contribution in [0.5, 0.6) is 0 Å². The van der Waals surface area contributed by atoms with Gasteiger partial charge in [0.15, 0.2) is 0 Å². The number of rotatable bonds is 7. The molecule has 122 valence electrons. The lowest BCUT2D eigenvalue weighted by atomic mass is 9.82. The van der Waals surface area contributed by atoms with Crippen molar-refractivity contribution in [3.8, 4) is 0 Å². The largest absolute Gasteiger partial charge is 0.486 e. The monoisotopic (exact) mass is 312 g/mol. The highest BCUT2D eigenvalue weighted by molar-refractivity contribution is 5.90. The van der Waals surface area contributed by atoms with Crippen molar-refractivity contribution in [2.45, 2.75) is 38.7 Å². The van der Waals surface area contributed by atoms with Crippen LogP contribution in [0.1, 0.15) is 32.3 Å². The molecule has 1 unspecified atom stereocenters. The number of benzene rings is 1. The molecule has 23 heavy (non-hydrogen) atoms. The Hall–Kier alpha value is -2.29. The first kappa shape index (κ1) is 17.1. The van der Waals surface area contributed by atoms with Gasteiger partial charge in [-0.25, -0.2) is 4.79 Å². The summed E-state index contributed by atoms with van der Waals surface area (Å²) in [6.07, 6.45) is 3.62. The van der Waals surface area contributed by atoms with E-state index in [-0.39, 0.29) is 5.97 Å². The fraction of sp³-hybridized carbons (Fsp3) is 0.350. The van der Waals surface area contributed by atoms with Crippen molar-refractivity contribution < 1.29 is 14.3 Å². The molecule has 2 rings (SSSR count). The molecule has 0 aliphatic carbocycles. The van der Waals surface area contributed by atoms with Crippen LogP contribution in [0.4, 0.5) is 0 Å². The topological polar surface area (TPSA) is 35.5 Å². The average molecular weight is 312 g/mol. The van der Waals surface area contributed by atoms with Crippen LogP contribution in [-0.4, -0.2) is 18.2 Å². The minimum absolute atomic E-state index is 0.300. The fourth-order valence-electron chi connectivity index (χ4n) is 2.94. The number of hydrogen-bond donors (Lipinski definition) is 0. The predicted molar refractivity (Wildman–Crippen MR) is 91.9 cm³/mol. The van der Waals surface area contributed by atoms with Crippen LogP contribution >= 0.6 is 0 Å². The lowest BCUT2D eigenvalue weighted by Crippen LogP contribution is -2.34. The van der Waals surface area contributed by atoms with Crippen molar-refractivity contribution in [1.82, 2.24) is 0 Å². The summed E-state index contributed by atoms with van der Waals surface area (Å²) in [6, 6.07) is 10.1. The van der Waals surface area contributed by atoms with Crippen molar-refractivity contribution in [3.63, 3.8) is 0 Å². The molecule has 0 aromatic heterocycles. The molecule has 1 aliphatic rings. The number of ether oxygens (including phenoxy) is 2. The predicted octanol–water partition coefficient (Wildman–Crippen LogP) is 4.36. The Labute approximate surface area is 138 Å². The maximum absolute atomic E-state index is 12.2. The first-order chi connectivity index (χ1) is 11.0. The molecule has 0 spiro atoms. The molecule has 0 radical (unpaired) electrons. The van der Waals surface area contributed by atoms with Crippen molar-refractivity contribution in [1.29, 1.82) is 0 Å². The smallest absolute Gasteiger partial charge is 0.337 e. The van der Waals surface area contributed by atoms with E-state index in [4.69, 9.17) is 9.47 Å². The van der Waals surface area contributed by atoms with Crippen molar-refractivity contribution in [2.24, 2.45) is 0 Å². The zero-order valence-electron chi connectivity index (χ0n) is 13.9. The molecule has 3 heteroatoms. The lowest BCUT2D eigenvalue weighted by Gasteiger charge is -2.32. The molecule has 1 aliphatic heterocycles. The Morgan fingerprint density at radius 2 is 2.09 bits per heavy atom. The molecule has 0 saturated carbocycles. The number of hydrogen-bond acceptors (Lipinski definition) is 3. The zero-order valence-corrected chi connectivity index (χ0v) is 13.9. The summed E-state index contributed by atoms with van der Waals surface area (Å²) < 4.78 is 11.3. The molecule has 0 fully saturated rings. The van der Waals surface area contributed by atoms with Gasteiger partial charge < -0.3 is 9.47 Å². The van der Waals surface area contributed by atoms with E-state index in [1.807, 2.05) is 31.2 Å². The molecule has 1 heterocycles. The quantitative estimate of drug-likeness (QED) is 0.554. The van der Waals surface area contributed by atoms with E-state index in [2.05, 4.69) is 25.3 Å². The lowest BCUT2D eigenvalue weighted by molar-refractivity contribution is -0.138. The van der Waals surface area contributed by atoms with Crippen LogP contribution in [0.25, 0.3) is 0 Å². The molecule has 0 amide bonds. The van der Waals surface area contributed by atoms with Crippen molar-refractivity contribution in [2.75, 3.05) is 6.61 Å². The Kier molecular flexibility index (Phi) is 5.43. The summed E-state index contributed by atoms with van der Waals surface area (Å²) >= 11 is 0. The highest BCUT2D eigenvalue weighted by Crippen LogP contribution is 2.42. The molecule has 0 N–H and O–H groups in total. The molecule has 1 aromatic carbocycles. The van der Waals surface area contributed by atoms with Gasteiger partial charge in [0.1, 0.15) is 11.4 Å². The molecule has 0 bridgehead atoms. The first-order valence-corrected chi connectivity index (χ1v) is 7.91. The van der Waals surface area contributed by atoms with Crippen LogP contribution < -0.4 is 0 Å². The van der Waals surface area contributed by atoms with Gasteiger partial charge >= 0.3 is 5.97 Å². The van der Waals surface area contributed by atoms with E-state index < -0.39 is 5.60 Å². The number of allylic oxidation sites excluding steroid dienone is 2. The Morgan fingerprint density at radius 1 is 1.39 bits per heavy atom. The number of carbonyl (C=O) groups excluding carboxylic acids is 1. The van der Waals surface area contributed by atoms with Gasteiger partial charge in [0.2, 0.25) is 0 Å². The summed E-state index contributed by atoms with van der Waals surface area (Å²) in [5.41, 5.74) is 2.07. The van der Waals surface area contributed by atoms with Gasteiger partial charge in [0.25, 0.3) is 0 Å². The third kappa shape index (κ3) is 3.73. The number of esters is 1. The third-order valence-corrected chi connectivity index (χ3v) is 4.13. The second-order valence-corrected chi connectivity index (χ2v) is 5.79. The normalized spacial score (nSPS) is 20.1. The van der Waals surface area contributed by atoms with E-state index in [1.54, 1.807) is 6.92 Å². The Morgan fingerprint density at radius 3 is 2.70 bits per heavy atom. The zero-order chi connectivity index (χ0) is 16.9. The van der Waals surface area contributed by atoms with Gasteiger partial charge in [-0.15, -0.1) is 6.58 Å². The maximum atomic E-state index is 12.2. The second-order valence-electron chi connectivity index (χ2n) is 5.79. The molecule has 0 saturated heterocycles. The summed E-state index contributed by atoms with van der Waals surface area (Å²) in [6.45, 7) is 12.0. The first-order valence-electron chi connectivity index (χ1n) is 7.91. The fourth-order valence-corrected chi connectivity index (χ4v) is 2.94. The summed E-state index contributed by atoms with van der Waals surface area (Å²) in [5.74, 6) is 0.330. The van der Waals surface area contributed by atoms with Gasteiger partial charge in [-0.2, -0.15) is 0 Å². The van der Waals surface area contributed by atoms with Crippen LogP contribution in [0.15, 0.2) is 66.5 Å².